The van der Waals surface area contributed by atoms with Crippen LogP contribution in [0.15, 0.2) is 12.1 Å². The number of rotatable bonds is 2. The van der Waals surface area contributed by atoms with Gasteiger partial charge in [-0.15, -0.1) is 0 Å². The fourth-order valence-corrected chi connectivity index (χ4v) is 1.41. The van der Waals surface area contributed by atoms with Gasteiger partial charge in [0.25, 0.3) is 5.91 Å². The number of aromatic nitrogens is 1. The highest BCUT2D eigenvalue weighted by atomic mass is 16.6. The predicted octanol–water partition coefficient (Wildman–Crippen LogP) is 1.16. The molecule has 0 aliphatic heterocycles. The average Bonchev–Trinajstić information content (AvgIpc) is 2.73. The third kappa shape index (κ3) is 6.07. The van der Waals surface area contributed by atoms with E-state index in [-0.39, 0.29) is 11.6 Å². The number of amides is 3. The van der Waals surface area contributed by atoms with Gasteiger partial charge in [0.05, 0.1) is 0 Å². The molecule has 0 spiro atoms. The summed E-state index contributed by atoms with van der Waals surface area (Å²) < 4.78 is 4.95. The van der Waals surface area contributed by atoms with Crippen molar-refractivity contribution in [2.45, 2.75) is 33.3 Å². The van der Waals surface area contributed by atoms with Gasteiger partial charge in [-0.3, -0.25) is 25.6 Å². The van der Waals surface area contributed by atoms with Crippen LogP contribution in [0.2, 0.25) is 0 Å². The number of carbonyl (C=O) groups is 3. The molecule has 0 saturated heterocycles. The number of aromatic amines is 1. The van der Waals surface area contributed by atoms with Crippen LogP contribution in [-0.2, 0) is 9.53 Å². The van der Waals surface area contributed by atoms with Crippen molar-refractivity contribution >= 4 is 29.7 Å². The van der Waals surface area contributed by atoms with E-state index in [9.17, 15) is 14.4 Å². The summed E-state index contributed by atoms with van der Waals surface area (Å²) in [6, 6.07) is 2.93. The first kappa shape index (κ1) is 17.2. The molecule has 0 fully saturated rings. The van der Waals surface area contributed by atoms with E-state index in [4.69, 9.17) is 10.1 Å². The molecule has 0 aliphatic rings. The molecule has 9 nitrogen and oxygen atoms in total. The molecule has 3 amide bonds. The second kappa shape index (κ2) is 6.74. The van der Waals surface area contributed by atoms with E-state index in [1.54, 1.807) is 20.8 Å². The van der Waals surface area contributed by atoms with Gasteiger partial charge in [0.2, 0.25) is 11.9 Å². The van der Waals surface area contributed by atoms with Gasteiger partial charge in [-0.1, -0.05) is 0 Å². The Labute approximate surface area is 127 Å². The summed E-state index contributed by atoms with van der Waals surface area (Å²) in [7, 11) is 0. The Hall–Kier alpha value is -2.84. The topological polar surface area (TPSA) is 136 Å². The molecule has 0 aliphatic carbocycles. The maximum Gasteiger partial charge on any atom is 0.414 e. The van der Waals surface area contributed by atoms with Gasteiger partial charge in [-0.2, -0.15) is 0 Å². The SMILES string of the molecule is CC(=O)Nc1ccc(C(=O)NC(=N)NC(=O)OC(C)(C)C)[nH]1. The minimum atomic E-state index is -0.844. The Morgan fingerprint density at radius 2 is 1.82 bits per heavy atom. The third-order valence-electron chi connectivity index (χ3n) is 2.11. The van der Waals surface area contributed by atoms with E-state index < -0.39 is 23.6 Å². The number of alkyl carbamates (subject to hydrolysis) is 1. The molecule has 1 aromatic heterocycles. The number of carbonyl (C=O) groups excluding carboxylic acids is 3. The Balaban J connectivity index is 2.54. The molecule has 0 atom stereocenters. The maximum absolute atomic E-state index is 11.8. The molecule has 0 aromatic carbocycles. The highest BCUT2D eigenvalue weighted by Crippen LogP contribution is 2.07. The van der Waals surface area contributed by atoms with Gasteiger partial charge >= 0.3 is 6.09 Å². The van der Waals surface area contributed by atoms with Crippen molar-refractivity contribution in [3.05, 3.63) is 17.8 Å². The fourth-order valence-electron chi connectivity index (χ4n) is 1.41. The van der Waals surface area contributed by atoms with Crippen LogP contribution in [0.5, 0.6) is 0 Å². The maximum atomic E-state index is 11.8. The van der Waals surface area contributed by atoms with Crippen LogP contribution in [0, 0.1) is 5.41 Å². The molecule has 0 unspecified atom stereocenters. The largest absolute Gasteiger partial charge is 0.444 e. The van der Waals surface area contributed by atoms with E-state index in [1.165, 1.54) is 19.1 Å². The van der Waals surface area contributed by atoms with Gasteiger partial charge in [-0.05, 0) is 32.9 Å². The van der Waals surface area contributed by atoms with Gasteiger partial charge in [0, 0.05) is 6.92 Å². The number of hydrogen-bond donors (Lipinski definition) is 5. The minimum Gasteiger partial charge on any atom is -0.444 e. The number of ether oxygens (including phenoxy) is 1. The number of guanidine groups is 1. The molecule has 1 aromatic rings. The van der Waals surface area contributed by atoms with Crippen molar-refractivity contribution in [2.75, 3.05) is 5.32 Å². The third-order valence-corrected chi connectivity index (χ3v) is 2.11. The summed E-state index contributed by atoms with van der Waals surface area (Å²) in [4.78, 5) is 36.8. The second-order valence-electron chi connectivity index (χ2n) is 5.42. The molecule has 0 saturated carbocycles. The molecule has 0 bridgehead atoms. The van der Waals surface area contributed by atoms with Gasteiger partial charge in [-0.25, -0.2) is 4.79 Å². The summed E-state index contributed by atoms with van der Waals surface area (Å²) in [5.74, 6) is -1.09. The standard InChI is InChI=1S/C13H19N5O4/c1-7(19)15-9-6-5-8(16-9)10(20)17-11(14)18-12(21)22-13(2,3)4/h5-6,16H,1-4H3,(H,15,19)(H3,14,17,18,20,21). The Kier molecular flexibility index (Phi) is 5.28. The van der Waals surface area contributed by atoms with E-state index in [2.05, 4.69) is 20.9 Å². The highest BCUT2D eigenvalue weighted by molar-refractivity contribution is 6.07. The van der Waals surface area contributed by atoms with Crippen LogP contribution < -0.4 is 16.0 Å². The summed E-state index contributed by atoms with van der Waals surface area (Å²) in [5.41, 5.74) is -0.583. The van der Waals surface area contributed by atoms with Gasteiger partial charge < -0.3 is 15.0 Å². The van der Waals surface area contributed by atoms with E-state index in [1.807, 2.05) is 0 Å². The number of nitrogens with one attached hydrogen (secondary N) is 5. The fraction of sp³-hybridized carbons (Fsp3) is 0.385. The molecule has 120 valence electrons. The Morgan fingerprint density at radius 1 is 1.18 bits per heavy atom. The first-order valence-corrected chi connectivity index (χ1v) is 6.43. The first-order chi connectivity index (χ1) is 10.1. The monoisotopic (exact) mass is 309 g/mol. The van der Waals surface area contributed by atoms with Crippen LogP contribution in [0.4, 0.5) is 10.6 Å². The zero-order chi connectivity index (χ0) is 16.9. The molecule has 9 heteroatoms. The number of hydrogen-bond acceptors (Lipinski definition) is 5. The lowest BCUT2D eigenvalue weighted by atomic mass is 10.2. The number of H-pyrrole nitrogens is 1. The van der Waals surface area contributed by atoms with Crippen LogP contribution in [-0.4, -0.2) is 34.5 Å². The van der Waals surface area contributed by atoms with E-state index in [0.29, 0.717) is 5.82 Å². The normalized spacial score (nSPS) is 10.5. The summed E-state index contributed by atoms with van der Waals surface area (Å²) >= 11 is 0. The predicted molar refractivity (Wildman–Crippen MR) is 79.7 cm³/mol. The minimum absolute atomic E-state index is 0.125. The molecule has 5 N–H and O–H groups in total. The zero-order valence-electron chi connectivity index (χ0n) is 12.8. The molecule has 1 rings (SSSR count). The van der Waals surface area contributed by atoms with Gasteiger partial charge in [0.1, 0.15) is 17.1 Å². The number of anilines is 1. The second-order valence-corrected chi connectivity index (χ2v) is 5.42. The average molecular weight is 309 g/mol. The molecule has 1 heterocycles. The Bertz CT molecular complexity index is 600. The van der Waals surface area contributed by atoms with Crippen molar-refractivity contribution < 1.29 is 19.1 Å². The van der Waals surface area contributed by atoms with Crippen LogP contribution >= 0.6 is 0 Å². The first-order valence-electron chi connectivity index (χ1n) is 6.43. The van der Waals surface area contributed by atoms with E-state index >= 15 is 0 Å². The lowest BCUT2D eigenvalue weighted by molar-refractivity contribution is -0.114. The highest BCUT2D eigenvalue weighted by Gasteiger charge is 2.18. The molecule has 0 radical (unpaired) electrons. The molecule has 22 heavy (non-hydrogen) atoms. The molecular formula is C13H19N5O4. The van der Waals surface area contributed by atoms with Crippen molar-refractivity contribution in [3.8, 4) is 0 Å². The lowest BCUT2D eigenvalue weighted by Gasteiger charge is -2.19. The van der Waals surface area contributed by atoms with Crippen molar-refractivity contribution in [1.29, 1.82) is 5.41 Å². The molecular weight excluding hydrogens is 290 g/mol. The quantitative estimate of drug-likeness (QED) is 0.413. The zero-order valence-corrected chi connectivity index (χ0v) is 12.8. The summed E-state index contributed by atoms with van der Waals surface area (Å²) in [5, 5.41) is 14.2. The van der Waals surface area contributed by atoms with Gasteiger partial charge in [0.15, 0.2) is 0 Å². The Morgan fingerprint density at radius 3 is 2.36 bits per heavy atom. The van der Waals surface area contributed by atoms with Crippen molar-refractivity contribution in [2.24, 2.45) is 0 Å². The van der Waals surface area contributed by atoms with Crippen LogP contribution in [0.25, 0.3) is 0 Å². The summed E-state index contributed by atoms with van der Waals surface area (Å²) in [6.07, 6.45) is -0.844. The van der Waals surface area contributed by atoms with Crippen LogP contribution in [0.1, 0.15) is 38.2 Å². The summed E-state index contributed by atoms with van der Waals surface area (Å²) in [6.45, 7) is 6.37. The van der Waals surface area contributed by atoms with Crippen molar-refractivity contribution in [1.82, 2.24) is 15.6 Å². The van der Waals surface area contributed by atoms with Crippen molar-refractivity contribution in [3.63, 3.8) is 0 Å². The van der Waals surface area contributed by atoms with E-state index in [0.717, 1.165) is 0 Å². The smallest absolute Gasteiger partial charge is 0.414 e. The lowest BCUT2D eigenvalue weighted by Crippen LogP contribution is -2.45. The van der Waals surface area contributed by atoms with Crippen LogP contribution in [0.3, 0.4) is 0 Å².